The number of rotatable bonds is 6. The average molecular weight is 453 g/mol. The monoisotopic (exact) mass is 452 g/mol. The van der Waals surface area contributed by atoms with Crippen LogP contribution in [-0.4, -0.2) is 72.7 Å². The number of hydrogen-bond acceptors (Lipinski definition) is 5. The molecule has 2 N–H and O–H groups in total. The van der Waals surface area contributed by atoms with E-state index < -0.39 is 0 Å². The second kappa shape index (κ2) is 9.65. The molecular weight excluding hydrogens is 412 g/mol. The van der Waals surface area contributed by atoms with E-state index in [2.05, 4.69) is 44.9 Å². The van der Waals surface area contributed by atoms with E-state index in [1.54, 1.807) is 11.1 Å². The molecule has 3 saturated heterocycles. The van der Waals surface area contributed by atoms with Gasteiger partial charge in [0.2, 0.25) is 5.91 Å². The number of carbonyl (C=O) groups is 1. The van der Waals surface area contributed by atoms with Gasteiger partial charge in [-0.2, -0.15) is 0 Å². The van der Waals surface area contributed by atoms with Crippen LogP contribution in [0.1, 0.15) is 56.1 Å². The number of hydrogen-bond donors (Lipinski definition) is 2. The van der Waals surface area contributed by atoms with Crippen molar-refractivity contribution >= 4 is 5.91 Å². The Bertz CT molecular complexity index is 808. The lowest BCUT2D eigenvalue weighted by molar-refractivity contribution is -0.136. The number of amides is 1. The minimum atomic E-state index is -0.0593. The quantitative estimate of drug-likeness (QED) is 0.695. The van der Waals surface area contributed by atoms with Crippen LogP contribution in [0, 0.1) is 11.8 Å². The molecule has 0 bridgehead atoms. The van der Waals surface area contributed by atoms with E-state index in [1.165, 1.54) is 51.6 Å². The molecule has 2 aliphatic carbocycles. The van der Waals surface area contributed by atoms with Gasteiger partial charge in [0.25, 0.3) is 0 Å². The van der Waals surface area contributed by atoms with Crippen molar-refractivity contribution in [1.82, 2.24) is 20.7 Å². The zero-order valence-electron chi connectivity index (χ0n) is 19.9. The van der Waals surface area contributed by atoms with Gasteiger partial charge in [0.15, 0.2) is 0 Å². The fraction of sp³-hybridized carbons (Fsp3) is 0.741. The molecule has 33 heavy (non-hydrogen) atoms. The van der Waals surface area contributed by atoms with Crippen LogP contribution in [0.15, 0.2) is 24.3 Å². The second-order valence-corrected chi connectivity index (χ2v) is 11.2. The van der Waals surface area contributed by atoms with E-state index in [1.807, 2.05) is 0 Å². The third-order valence-corrected chi connectivity index (χ3v) is 9.12. The highest BCUT2D eigenvalue weighted by Gasteiger charge is 2.44. The normalized spacial score (nSPS) is 32.8. The molecular formula is C27H40N4O2. The lowest BCUT2D eigenvalue weighted by Gasteiger charge is -2.39. The first kappa shape index (κ1) is 22.0. The largest absolute Gasteiger partial charge is 0.376 e. The first-order valence-corrected chi connectivity index (χ1v) is 13.5. The predicted octanol–water partition coefficient (Wildman–Crippen LogP) is 2.52. The maximum atomic E-state index is 13.7. The van der Waals surface area contributed by atoms with Crippen molar-refractivity contribution in [3.63, 3.8) is 0 Å². The fourth-order valence-corrected chi connectivity index (χ4v) is 7.21. The molecule has 1 aromatic rings. The van der Waals surface area contributed by atoms with E-state index in [0.717, 1.165) is 39.0 Å². The molecule has 4 unspecified atom stereocenters. The zero-order chi connectivity index (χ0) is 22.2. The minimum absolute atomic E-state index is 0.0593. The van der Waals surface area contributed by atoms with Gasteiger partial charge in [0.1, 0.15) is 6.04 Å². The van der Waals surface area contributed by atoms with E-state index >= 15 is 0 Å². The van der Waals surface area contributed by atoms with Crippen molar-refractivity contribution in [2.45, 2.75) is 82.0 Å². The van der Waals surface area contributed by atoms with Crippen LogP contribution in [-0.2, 0) is 22.4 Å². The molecule has 3 aliphatic heterocycles. The summed E-state index contributed by atoms with van der Waals surface area (Å²) >= 11 is 0. The van der Waals surface area contributed by atoms with Crippen molar-refractivity contribution in [1.29, 1.82) is 0 Å². The summed E-state index contributed by atoms with van der Waals surface area (Å²) in [5, 5.41) is 0. The van der Waals surface area contributed by atoms with Crippen LogP contribution in [0.3, 0.4) is 0 Å². The summed E-state index contributed by atoms with van der Waals surface area (Å²) in [6, 6.07) is 10.0. The van der Waals surface area contributed by atoms with E-state index in [-0.39, 0.29) is 12.1 Å². The van der Waals surface area contributed by atoms with Crippen LogP contribution >= 0.6 is 0 Å². The van der Waals surface area contributed by atoms with Gasteiger partial charge in [-0.05, 0) is 81.5 Å². The molecule has 4 fully saturated rings. The molecule has 180 valence electrons. The summed E-state index contributed by atoms with van der Waals surface area (Å²) in [5.74, 6) is 1.36. The van der Waals surface area contributed by atoms with Crippen LogP contribution < -0.4 is 10.9 Å². The maximum Gasteiger partial charge on any atom is 0.241 e. The van der Waals surface area contributed by atoms with Crippen LogP contribution in [0.2, 0.25) is 0 Å². The van der Waals surface area contributed by atoms with Gasteiger partial charge in [0.05, 0.1) is 6.10 Å². The van der Waals surface area contributed by atoms with Gasteiger partial charge >= 0.3 is 0 Å². The zero-order valence-corrected chi connectivity index (χ0v) is 19.9. The van der Waals surface area contributed by atoms with E-state index in [9.17, 15) is 4.79 Å². The van der Waals surface area contributed by atoms with E-state index in [4.69, 9.17) is 4.74 Å². The van der Waals surface area contributed by atoms with Gasteiger partial charge in [-0.25, -0.2) is 5.43 Å². The van der Waals surface area contributed by atoms with Gasteiger partial charge in [0, 0.05) is 37.7 Å². The Balaban J connectivity index is 1.06. The molecule has 4 atom stereocenters. The predicted molar refractivity (Wildman–Crippen MR) is 129 cm³/mol. The topological polar surface area (TPSA) is 56.8 Å². The summed E-state index contributed by atoms with van der Waals surface area (Å²) in [6.07, 6.45) is 10.8. The number of nitrogens with one attached hydrogen (secondary N) is 2. The summed E-state index contributed by atoms with van der Waals surface area (Å²) < 4.78 is 5.95. The van der Waals surface area contributed by atoms with Gasteiger partial charge in [-0.15, -0.1) is 0 Å². The number of benzene rings is 1. The van der Waals surface area contributed by atoms with Gasteiger partial charge in [-0.3, -0.25) is 15.1 Å². The summed E-state index contributed by atoms with van der Waals surface area (Å²) in [4.78, 5) is 18.6. The summed E-state index contributed by atoms with van der Waals surface area (Å²) in [7, 11) is 0. The first-order valence-electron chi connectivity index (χ1n) is 13.5. The lowest BCUT2D eigenvalue weighted by Crippen LogP contribution is -2.52. The molecule has 6 nitrogen and oxygen atoms in total. The van der Waals surface area contributed by atoms with Crippen molar-refractivity contribution in [3.8, 4) is 0 Å². The molecule has 6 heteroatoms. The molecule has 1 aromatic carbocycles. The number of likely N-dealkylation sites (tertiary alicyclic amines) is 1. The minimum Gasteiger partial charge on any atom is -0.376 e. The number of ether oxygens (including phenoxy) is 1. The molecule has 1 saturated carbocycles. The molecule has 3 heterocycles. The Morgan fingerprint density at radius 1 is 0.970 bits per heavy atom. The standard InChI is InChI=1S/C27H40N4O2/c32-27(26-24-8-3-9-25(24)28-29-26)31(18-23-7-4-14-33-23)17-19-10-12-30(13-11-19)22-15-20-5-1-2-6-21(20)16-22/h1-2,5-6,19,22-26,28-29H,3-4,7-18H2. The number of piperidine rings is 1. The molecule has 0 aromatic heterocycles. The highest BCUT2D eigenvalue weighted by molar-refractivity contribution is 5.82. The van der Waals surface area contributed by atoms with Crippen LogP contribution in [0.4, 0.5) is 0 Å². The number of hydrazine groups is 1. The highest BCUT2D eigenvalue weighted by atomic mass is 16.5. The van der Waals surface area contributed by atoms with Crippen molar-refractivity contribution in [2.24, 2.45) is 11.8 Å². The Morgan fingerprint density at radius 2 is 1.76 bits per heavy atom. The number of nitrogens with zero attached hydrogens (tertiary/aromatic N) is 2. The molecule has 1 amide bonds. The Hall–Kier alpha value is -1.47. The lowest BCUT2D eigenvalue weighted by atomic mass is 9.92. The number of carbonyl (C=O) groups excluding carboxylic acids is 1. The van der Waals surface area contributed by atoms with Gasteiger partial charge < -0.3 is 9.64 Å². The highest BCUT2D eigenvalue weighted by Crippen LogP contribution is 2.33. The molecule has 0 radical (unpaired) electrons. The number of fused-ring (bicyclic) bond motifs is 2. The molecule has 5 aliphatic rings. The fourth-order valence-electron chi connectivity index (χ4n) is 7.21. The van der Waals surface area contributed by atoms with E-state index in [0.29, 0.717) is 29.8 Å². The van der Waals surface area contributed by atoms with Crippen molar-refractivity contribution in [2.75, 3.05) is 32.8 Å². The summed E-state index contributed by atoms with van der Waals surface area (Å²) in [5.41, 5.74) is 9.86. The van der Waals surface area contributed by atoms with Crippen LogP contribution in [0.5, 0.6) is 0 Å². The smallest absolute Gasteiger partial charge is 0.241 e. The SMILES string of the molecule is O=C(C1NNC2CCCC21)N(CC1CCN(C2Cc3ccccc3C2)CC1)CC1CCCO1. The van der Waals surface area contributed by atoms with Crippen molar-refractivity contribution in [3.05, 3.63) is 35.4 Å². The average Bonchev–Trinajstić information content (AvgIpc) is 3.63. The van der Waals surface area contributed by atoms with Gasteiger partial charge in [-0.1, -0.05) is 30.7 Å². The van der Waals surface area contributed by atoms with Crippen molar-refractivity contribution < 1.29 is 9.53 Å². The third-order valence-electron chi connectivity index (χ3n) is 9.12. The molecule has 0 spiro atoms. The third kappa shape index (κ3) is 4.60. The Morgan fingerprint density at radius 3 is 2.48 bits per heavy atom. The second-order valence-electron chi connectivity index (χ2n) is 11.2. The Labute approximate surface area is 198 Å². The first-order chi connectivity index (χ1) is 16.2. The van der Waals surface area contributed by atoms with Crippen LogP contribution in [0.25, 0.3) is 0 Å². The maximum absolute atomic E-state index is 13.7. The Kier molecular flexibility index (Phi) is 6.44. The summed E-state index contributed by atoms with van der Waals surface area (Å²) in [6.45, 7) is 4.85. The molecule has 6 rings (SSSR count).